The third kappa shape index (κ3) is 3.79. The molecule has 32 heavy (non-hydrogen) atoms. The number of fused-ring (bicyclic) bond motifs is 2. The van der Waals surface area contributed by atoms with Gasteiger partial charge in [-0.25, -0.2) is 4.98 Å². The van der Waals surface area contributed by atoms with Crippen LogP contribution in [0, 0.1) is 6.92 Å². The van der Waals surface area contributed by atoms with Gasteiger partial charge in [0.25, 0.3) is 11.5 Å². The second-order valence-corrected chi connectivity index (χ2v) is 10.4. The minimum atomic E-state index is 0.0331. The third-order valence-corrected chi connectivity index (χ3v) is 8.62. The summed E-state index contributed by atoms with van der Waals surface area (Å²) >= 11 is 1.40. The molecule has 0 atom stereocenters. The molecular weight excluding hydrogens is 418 g/mol. The zero-order chi connectivity index (χ0) is 22.2. The Morgan fingerprint density at radius 1 is 1.09 bits per heavy atom. The molecule has 1 aliphatic carbocycles. The fraction of sp³-hybridized carbons (Fsp3) is 0.500. The molecule has 0 radical (unpaired) electrons. The van der Waals surface area contributed by atoms with Gasteiger partial charge in [0.1, 0.15) is 10.7 Å². The van der Waals surface area contributed by atoms with Crippen molar-refractivity contribution in [3.05, 3.63) is 62.5 Å². The van der Waals surface area contributed by atoms with Gasteiger partial charge in [0, 0.05) is 26.1 Å². The average Bonchev–Trinajstić information content (AvgIpc) is 2.99. The first-order valence-corrected chi connectivity index (χ1v) is 12.7. The minimum absolute atomic E-state index is 0.0331. The summed E-state index contributed by atoms with van der Waals surface area (Å²) in [6.45, 7) is 2.65. The summed E-state index contributed by atoms with van der Waals surface area (Å²) in [5.74, 6) is 1.50. The van der Waals surface area contributed by atoms with Crippen LogP contribution < -0.4 is 5.56 Å². The predicted octanol–water partition coefficient (Wildman–Crippen LogP) is 5.29. The van der Waals surface area contributed by atoms with E-state index in [-0.39, 0.29) is 17.5 Å². The van der Waals surface area contributed by atoms with E-state index in [2.05, 4.69) is 30.3 Å². The molecule has 0 saturated heterocycles. The van der Waals surface area contributed by atoms with Crippen molar-refractivity contribution in [1.82, 2.24) is 14.5 Å². The lowest BCUT2D eigenvalue weighted by molar-refractivity contribution is 0.0693. The lowest BCUT2D eigenvalue weighted by atomic mass is 9.81. The number of thiophene rings is 1. The zero-order valence-corrected chi connectivity index (χ0v) is 19.8. The van der Waals surface area contributed by atoms with E-state index in [0.29, 0.717) is 16.2 Å². The Labute approximate surface area is 193 Å². The summed E-state index contributed by atoms with van der Waals surface area (Å²) in [6, 6.07) is 11.0. The molecule has 1 aromatic carbocycles. The molecule has 3 aromatic rings. The topological polar surface area (TPSA) is 55.2 Å². The van der Waals surface area contributed by atoms with E-state index in [0.717, 1.165) is 74.1 Å². The van der Waals surface area contributed by atoms with E-state index in [1.165, 1.54) is 16.9 Å². The monoisotopic (exact) mass is 449 g/mol. The molecule has 2 aromatic heterocycles. The number of rotatable bonds is 3. The van der Waals surface area contributed by atoms with Crippen molar-refractivity contribution in [3.8, 4) is 0 Å². The van der Waals surface area contributed by atoms with Gasteiger partial charge in [0.2, 0.25) is 0 Å². The van der Waals surface area contributed by atoms with Crippen LogP contribution in [-0.2, 0) is 13.0 Å². The fourth-order valence-corrected chi connectivity index (χ4v) is 6.63. The Hall–Kier alpha value is -2.47. The van der Waals surface area contributed by atoms with Crippen molar-refractivity contribution in [1.29, 1.82) is 0 Å². The molecular formula is C26H31N3O2S. The Morgan fingerprint density at radius 2 is 1.84 bits per heavy atom. The highest BCUT2D eigenvalue weighted by atomic mass is 32.1. The van der Waals surface area contributed by atoms with Gasteiger partial charge in [-0.1, -0.05) is 36.8 Å². The van der Waals surface area contributed by atoms with Crippen LogP contribution in [0.5, 0.6) is 0 Å². The van der Waals surface area contributed by atoms with Gasteiger partial charge in [0.15, 0.2) is 0 Å². The SMILES string of the molecule is Cc1c(C(=O)N(C)C2CCC(c3ccccc3)CC2)sc2nc3n(c(=O)c12)CCCCC3. The maximum Gasteiger partial charge on any atom is 0.264 e. The zero-order valence-electron chi connectivity index (χ0n) is 19.0. The summed E-state index contributed by atoms with van der Waals surface area (Å²) in [7, 11) is 1.93. The molecule has 5 nitrogen and oxygen atoms in total. The van der Waals surface area contributed by atoms with Gasteiger partial charge < -0.3 is 4.90 Å². The molecule has 5 rings (SSSR count). The van der Waals surface area contributed by atoms with Crippen molar-refractivity contribution >= 4 is 27.5 Å². The van der Waals surface area contributed by atoms with Crippen LogP contribution in [0.15, 0.2) is 35.1 Å². The Morgan fingerprint density at radius 3 is 2.59 bits per heavy atom. The second-order valence-electron chi connectivity index (χ2n) is 9.36. The number of nitrogens with zero attached hydrogens (tertiary/aromatic N) is 3. The van der Waals surface area contributed by atoms with Crippen molar-refractivity contribution in [2.75, 3.05) is 7.05 Å². The first-order chi connectivity index (χ1) is 15.5. The molecule has 0 unspecified atom stereocenters. The highest BCUT2D eigenvalue weighted by Gasteiger charge is 2.30. The van der Waals surface area contributed by atoms with Crippen LogP contribution >= 0.6 is 11.3 Å². The van der Waals surface area contributed by atoms with Crippen LogP contribution in [0.3, 0.4) is 0 Å². The number of hydrogen-bond acceptors (Lipinski definition) is 4. The van der Waals surface area contributed by atoms with Crippen LogP contribution in [-0.4, -0.2) is 33.4 Å². The molecule has 3 heterocycles. The van der Waals surface area contributed by atoms with Crippen molar-refractivity contribution < 1.29 is 4.79 Å². The second kappa shape index (κ2) is 8.81. The number of hydrogen-bond donors (Lipinski definition) is 0. The molecule has 1 amide bonds. The number of aromatic nitrogens is 2. The van der Waals surface area contributed by atoms with Crippen molar-refractivity contribution in [3.63, 3.8) is 0 Å². The predicted molar refractivity (Wildman–Crippen MR) is 130 cm³/mol. The fourth-order valence-electron chi connectivity index (χ4n) is 5.46. The molecule has 0 spiro atoms. The van der Waals surface area contributed by atoms with E-state index in [9.17, 15) is 9.59 Å². The number of amides is 1. The number of benzene rings is 1. The van der Waals surface area contributed by atoms with Gasteiger partial charge in [-0.05, 0) is 62.5 Å². The van der Waals surface area contributed by atoms with Gasteiger partial charge in [-0.3, -0.25) is 14.2 Å². The van der Waals surface area contributed by atoms with E-state index in [1.807, 2.05) is 23.4 Å². The first kappa shape index (κ1) is 21.4. The molecule has 1 fully saturated rings. The van der Waals surface area contributed by atoms with Gasteiger partial charge in [0.05, 0.1) is 10.3 Å². The standard InChI is InChI=1S/C26H31N3O2S/c1-17-22-24(27-21-11-7-4-8-16-29(21)25(22)30)32-23(17)26(31)28(2)20-14-12-19(13-15-20)18-9-5-3-6-10-18/h3,5-6,9-10,19-20H,4,7-8,11-16H2,1-2H3. The van der Waals surface area contributed by atoms with Crippen LogP contribution in [0.25, 0.3) is 10.2 Å². The maximum absolute atomic E-state index is 13.5. The smallest absolute Gasteiger partial charge is 0.264 e. The highest BCUT2D eigenvalue weighted by molar-refractivity contribution is 7.20. The van der Waals surface area contributed by atoms with Gasteiger partial charge >= 0.3 is 0 Å². The number of carbonyl (C=O) groups excluding carboxylic acids is 1. The van der Waals surface area contributed by atoms with Gasteiger partial charge in [-0.15, -0.1) is 11.3 Å². The van der Waals surface area contributed by atoms with E-state index < -0.39 is 0 Å². The molecule has 2 aliphatic rings. The first-order valence-electron chi connectivity index (χ1n) is 11.9. The Bertz CT molecular complexity index is 1190. The quantitative estimate of drug-likeness (QED) is 0.546. The summed E-state index contributed by atoms with van der Waals surface area (Å²) < 4.78 is 1.85. The maximum atomic E-state index is 13.5. The summed E-state index contributed by atoms with van der Waals surface area (Å²) in [6.07, 6.45) is 8.31. The van der Waals surface area contributed by atoms with Crippen LogP contribution in [0.1, 0.15) is 77.5 Å². The molecule has 1 aliphatic heterocycles. The van der Waals surface area contributed by atoms with Crippen LogP contribution in [0.2, 0.25) is 0 Å². The lowest BCUT2D eigenvalue weighted by Gasteiger charge is -2.34. The molecule has 168 valence electrons. The molecule has 6 heteroatoms. The third-order valence-electron chi connectivity index (χ3n) is 7.44. The van der Waals surface area contributed by atoms with E-state index >= 15 is 0 Å². The van der Waals surface area contributed by atoms with Crippen LogP contribution in [0.4, 0.5) is 0 Å². The van der Waals surface area contributed by atoms with Crippen molar-refractivity contribution in [2.45, 2.75) is 76.8 Å². The Balaban J connectivity index is 1.37. The van der Waals surface area contributed by atoms with E-state index in [4.69, 9.17) is 4.98 Å². The number of carbonyl (C=O) groups is 1. The van der Waals surface area contributed by atoms with E-state index in [1.54, 1.807) is 0 Å². The number of aryl methyl sites for hydroxylation is 2. The van der Waals surface area contributed by atoms with Crippen molar-refractivity contribution in [2.24, 2.45) is 0 Å². The summed E-state index contributed by atoms with van der Waals surface area (Å²) in [5.41, 5.74) is 2.24. The van der Waals surface area contributed by atoms with Gasteiger partial charge in [-0.2, -0.15) is 0 Å². The minimum Gasteiger partial charge on any atom is -0.338 e. The molecule has 0 bridgehead atoms. The summed E-state index contributed by atoms with van der Waals surface area (Å²) in [4.78, 5) is 34.9. The highest BCUT2D eigenvalue weighted by Crippen LogP contribution is 2.36. The summed E-state index contributed by atoms with van der Waals surface area (Å²) in [5, 5.41) is 0.644. The molecule has 0 N–H and O–H groups in total. The largest absolute Gasteiger partial charge is 0.338 e. The molecule has 1 saturated carbocycles. The normalized spacial score (nSPS) is 21.2. The lowest BCUT2D eigenvalue weighted by Crippen LogP contribution is -2.39. The average molecular weight is 450 g/mol. The Kier molecular flexibility index (Phi) is 5.89.